The van der Waals surface area contributed by atoms with Crippen LogP contribution in [-0.2, 0) is 9.53 Å². The third-order valence-corrected chi connectivity index (χ3v) is 3.71. The summed E-state index contributed by atoms with van der Waals surface area (Å²) in [5.74, 6) is 0.610. The Hall–Kier alpha value is -0.870. The molecule has 2 atom stereocenters. The van der Waals surface area contributed by atoms with Crippen molar-refractivity contribution in [3.8, 4) is 0 Å². The number of allylic oxidation sites excluding steroid dienone is 2. The van der Waals surface area contributed by atoms with Gasteiger partial charge in [-0.2, -0.15) is 0 Å². The second-order valence-electron chi connectivity index (χ2n) is 6.05. The molecule has 0 spiro atoms. The Labute approximate surface area is 116 Å². The van der Waals surface area contributed by atoms with Gasteiger partial charge in [0.25, 0.3) is 0 Å². The monoisotopic (exact) mass is 269 g/mol. The van der Waals surface area contributed by atoms with E-state index < -0.39 is 0 Å². The number of aliphatic hydroxyl groups is 1. The van der Waals surface area contributed by atoms with Crippen LogP contribution in [0, 0.1) is 17.3 Å². The van der Waals surface area contributed by atoms with E-state index in [1.54, 1.807) is 0 Å². The number of rotatable bonds is 8. The molecule has 0 saturated heterocycles. The predicted molar refractivity (Wildman–Crippen MR) is 75.7 cm³/mol. The molecule has 1 amide bonds. The Bertz CT molecular complexity index is 332. The molecule has 110 valence electrons. The number of nitrogens with one attached hydrogen (secondary N) is 1. The molecule has 0 radical (unpaired) electrons. The number of carbonyl (C=O) groups is 1. The second kappa shape index (κ2) is 7.06. The second-order valence-corrected chi connectivity index (χ2v) is 6.05. The first kappa shape index (κ1) is 16.2. The number of ether oxygens (including phenoxy) is 1. The Morgan fingerprint density at radius 3 is 2.63 bits per heavy atom. The van der Waals surface area contributed by atoms with Gasteiger partial charge in [-0.25, -0.2) is 0 Å². The first-order valence-corrected chi connectivity index (χ1v) is 7.02. The maximum Gasteiger partial charge on any atom is 0.224 e. The van der Waals surface area contributed by atoms with Crippen LogP contribution in [-0.4, -0.2) is 37.4 Å². The Morgan fingerprint density at radius 2 is 2.05 bits per heavy atom. The summed E-state index contributed by atoms with van der Waals surface area (Å²) >= 11 is 0. The van der Waals surface area contributed by atoms with Gasteiger partial charge in [-0.15, -0.1) is 0 Å². The van der Waals surface area contributed by atoms with Crippen molar-refractivity contribution in [2.75, 3.05) is 26.4 Å². The van der Waals surface area contributed by atoms with Crippen molar-refractivity contribution in [3.63, 3.8) is 0 Å². The summed E-state index contributed by atoms with van der Waals surface area (Å²) in [6, 6.07) is 0. The van der Waals surface area contributed by atoms with E-state index in [1.165, 1.54) is 5.57 Å². The summed E-state index contributed by atoms with van der Waals surface area (Å²) in [6.07, 6.45) is 2.99. The first-order chi connectivity index (χ1) is 8.91. The van der Waals surface area contributed by atoms with E-state index >= 15 is 0 Å². The zero-order valence-electron chi connectivity index (χ0n) is 12.5. The molecular formula is C15H27NO3. The van der Waals surface area contributed by atoms with Gasteiger partial charge in [-0.3, -0.25) is 4.79 Å². The SMILES string of the molecule is CC(C)=CC1C(C(=O)NCCCOCCO)C1(C)C. The average molecular weight is 269 g/mol. The van der Waals surface area contributed by atoms with Crippen LogP contribution in [0.3, 0.4) is 0 Å². The van der Waals surface area contributed by atoms with E-state index in [1.807, 2.05) is 0 Å². The van der Waals surface area contributed by atoms with Crippen LogP contribution in [0.25, 0.3) is 0 Å². The molecule has 1 aliphatic carbocycles. The van der Waals surface area contributed by atoms with Crippen molar-refractivity contribution in [2.24, 2.45) is 17.3 Å². The smallest absolute Gasteiger partial charge is 0.224 e. The fourth-order valence-corrected chi connectivity index (χ4v) is 2.51. The molecule has 1 fully saturated rings. The molecule has 4 nitrogen and oxygen atoms in total. The highest BCUT2D eigenvalue weighted by Gasteiger charge is 2.60. The fourth-order valence-electron chi connectivity index (χ4n) is 2.51. The molecule has 0 aromatic rings. The summed E-state index contributed by atoms with van der Waals surface area (Å²) in [6.45, 7) is 10.1. The van der Waals surface area contributed by atoms with Crippen molar-refractivity contribution in [1.82, 2.24) is 5.32 Å². The van der Waals surface area contributed by atoms with Crippen LogP contribution in [0.4, 0.5) is 0 Å². The molecule has 19 heavy (non-hydrogen) atoms. The van der Waals surface area contributed by atoms with E-state index in [0.29, 0.717) is 25.7 Å². The molecule has 0 aliphatic heterocycles. The Morgan fingerprint density at radius 1 is 1.37 bits per heavy atom. The van der Waals surface area contributed by atoms with Crippen molar-refractivity contribution < 1.29 is 14.6 Å². The summed E-state index contributed by atoms with van der Waals surface area (Å²) in [7, 11) is 0. The lowest BCUT2D eigenvalue weighted by molar-refractivity contribution is -0.123. The standard InChI is InChI=1S/C15H27NO3/c1-11(2)10-12-13(15(12,3)4)14(18)16-6-5-8-19-9-7-17/h10,12-13,17H,5-9H2,1-4H3,(H,16,18). The molecule has 0 aromatic heterocycles. The topological polar surface area (TPSA) is 58.6 Å². The fraction of sp³-hybridized carbons (Fsp3) is 0.800. The first-order valence-electron chi connectivity index (χ1n) is 7.02. The molecule has 0 heterocycles. The van der Waals surface area contributed by atoms with Crippen LogP contribution in [0.5, 0.6) is 0 Å². The highest BCUT2D eigenvalue weighted by atomic mass is 16.5. The molecule has 1 rings (SSSR count). The zero-order valence-corrected chi connectivity index (χ0v) is 12.5. The molecule has 2 N–H and O–H groups in total. The normalized spacial score (nSPS) is 23.8. The van der Waals surface area contributed by atoms with E-state index in [2.05, 4.69) is 39.1 Å². The van der Waals surface area contributed by atoms with Gasteiger partial charge in [0, 0.05) is 13.2 Å². The van der Waals surface area contributed by atoms with Crippen LogP contribution < -0.4 is 5.32 Å². The molecule has 2 unspecified atom stereocenters. The third kappa shape index (κ3) is 4.62. The number of amides is 1. The van der Waals surface area contributed by atoms with Crippen molar-refractivity contribution >= 4 is 5.91 Å². The van der Waals surface area contributed by atoms with Crippen molar-refractivity contribution in [1.29, 1.82) is 0 Å². The third-order valence-electron chi connectivity index (χ3n) is 3.71. The van der Waals surface area contributed by atoms with Crippen LogP contribution in [0.2, 0.25) is 0 Å². The van der Waals surface area contributed by atoms with E-state index in [4.69, 9.17) is 9.84 Å². The van der Waals surface area contributed by atoms with E-state index in [-0.39, 0.29) is 23.8 Å². The Kier molecular flexibility index (Phi) is 6.01. The van der Waals surface area contributed by atoms with Gasteiger partial charge in [-0.1, -0.05) is 25.5 Å². The lowest BCUT2D eigenvalue weighted by atomic mass is 10.1. The molecule has 1 aliphatic rings. The lowest BCUT2D eigenvalue weighted by Gasteiger charge is -2.06. The minimum Gasteiger partial charge on any atom is -0.394 e. The lowest BCUT2D eigenvalue weighted by Crippen LogP contribution is -2.28. The molecule has 0 bridgehead atoms. The maximum atomic E-state index is 12.1. The van der Waals surface area contributed by atoms with Gasteiger partial charge in [0.2, 0.25) is 5.91 Å². The zero-order chi connectivity index (χ0) is 14.5. The van der Waals surface area contributed by atoms with Crippen LogP contribution in [0.15, 0.2) is 11.6 Å². The number of hydrogen-bond donors (Lipinski definition) is 2. The summed E-state index contributed by atoms with van der Waals surface area (Å²) in [5.41, 5.74) is 1.35. The summed E-state index contributed by atoms with van der Waals surface area (Å²) in [5, 5.41) is 11.5. The molecule has 0 aromatic carbocycles. The molecule has 1 saturated carbocycles. The molecule has 4 heteroatoms. The van der Waals surface area contributed by atoms with Gasteiger partial charge in [-0.05, 0) is 31.6 Å². The molecular weight excluding hydrogens is 242 g/mol. The van der Waals surface area contributed by atoms with Crippen LogP contribution in [0.1, 0.15) is 34.1 Å². The minimum atomic E-state index is 0.0486. The summed E-state index contributed by atoms with van der Waals surface area (Å²) in [4.78, 5) is 12.1. The van der Waals surface area contributed by atoms with Gasteiger partial charge >= 0.3 is 0 Å². The highest BCUT2D eigenvalue weighted by Crippen LogP contribution is 2.59. The average Bonchev–Trinajstić information content (AvgIpc) is 2.84. The maximum absolute atomic E-state index is 12.1. The largest absolute Gasteiger partial charge is 0.394 e. The van der Waals surface area contributed by atoms with E-state index in [9.17, 15) is 4.79 Å². The van der Waals surface area contributed by atoms with Gasteiger partial charge < -0.3 is 15.2 Å². The predicted octanol–water partition coefficient (Wildman–Crippen LogP) is 1.74. The van der Waals surface area contributed by atoms with Crippen molar-refractivity contribution in [3.05, 3.63) is 11.6 Å². The number of aliphatic hydroxyl groups excluding tert-OH is 1. The van der Waals surface area contributed by atoms with E-state index in [0.717, 1.165) is 6.42 Å². The highest BCUT2D eigenvalue weighted by molar-refractivity contribution is 5.83. The number of hydrogen-bond acceptors (Lipinski definition) is 3. The Balaban J connectivity index is 2.26. The minimum absolute atomic E-state index is 0.0486. The summed E-state index contributed by atoms with van der Waals surface area (Å²) < 4.78 is 5.14. The van der Waals surface area contributed by atoms with Gasteiger partial charge in [0.05, 0.1) is 19.1 Å². The van der Waals surface area contributed by atoms with Gasteiger partial charge in [0.15, 0.2) is 0 Å². The quantitative estimate of drug-likeness (QED) is 0.521. The van der Waals surface area contributed by atoms with Crippen molar-refractivity contribution in [2.45, 2.75) is 34.1 Å². The van der Waals surface area contributed by atoms with Gasteiger partial charge in [0.1, 0.15) is 0 Å². The van der Waals surface area contributed by atoms with Crippen LogP contribution >= 0.6 is 0 Å². The number of carbonyl (C=O) groups excluding carboxylic acids is 1.